The van der Waals surface area contributed by atoms with Crippen molar-refractivity contribution in [3.05, 3.63) is 101 Å². The molecule has 6 heteroatoms. The average molecular weight is 444 g/mol. The van der Waals surface area contributed by atoms with E-state index in [9.17, 15) is 9.18 Å². The normalized spacial score (nSPS) is 11.2. The summed E-state index contributed by atoms with van der Waals surface area (Å²) in [6, 6.07) is 23.7. The van der Waals surface area contributed by atoms with Crippen molar-refractivity contribution in [2.45, 2.75) is 6.42 Å². The minimum Gasteiger partial charge on any atom is -0.353 e. The summed E-state index contributed by atoms with van der Waals surface area (Å²) in [6.07, 6.45) is 0.398. The van der Waals surface area contributed by atoms with Crippen LogP contribution >= 0.6 is 11.6 Å². The van der Waals surface area contributed by atoms with Crippen molar-refractivity contribution in [1.82, 2.24) is 15.3 Å². The summed E-state index contributed by atoms with van der Waals surface area (Å²) in [7, 11) is 0. The number of carbonyl (C=O) groups is 1. The largest absolute Gasteiger partial charge is 0.353 e. The highest BCUT2D eigenvalue weighted by molar-refractivity contribution is 6.31. The van der Waals surface area contributed by atoms with Crippen molar-refractivity contribution in [3.8, 4) is 11.3 Å². The molecule has 0 aliphatic heterocycles. The summed E-state index contributed by atoms with van der Waals surface area (Å²) < 4.78 is 13.9. The highest BCUT2D eigenvalue weighted by Crippen LogP contribution is 2.33. The number of halogens is 2. The Labute approximate surface area is 189 Å². The van der Waals surface area contributed by atoms with E-state index in [1.807, 2.05) is 42.5 Å². The molecule has 0 fully saturated rings. The molecular weight excluding hydrogens is 425 g/mol. The van der Waals surface area contributed by atoms with Crippen molar-refractivity contribution in [1.29, 1.82) is 0 Å². The number of pyridine rings is 1. The van der Waals surface area contributed by atoms with Crippen LogP contribution in [0, 0.1) is 5.82 Å². The highest BCUT2D eigenvalue weighted by atomic mass is 35.5. The predicted molar refractivity (Wildman–Crippen MR) is 126 cm³/mol. The number of rotatable bonds is 5. The quantitative estimate of drug-likeness (QED) is 0.342. The van der Waals surface area contributed by atoms with Crippen LogP contribution in [0.1, 0.15) is 16.1 Å². The van der Waals surface area contributed by atoms with Gasteiger partial charge in [0, 0.05) is 33.4 Å². The maximum atomic E-state index is 13.9. The first kappa shape index (κ1) is 20.2. The fourth-order valence-corrected chi connectivity index (χ4v) is 4.10. The maximum absolute atomic E-state index is 13.9. The maximum Gasteiger partial charge on any atom is 0.269 e. The molecule has 2 N–H and O–H groups in total. The lowest BCUT2D eigenvalue weighted by molar-refractivity contribution is 0.0949. The number of para-hydroxylation sites is 1. The van der Waals surface area contributed by atoms with E-state index in [0.717, 1.165) is 27.4 Å². The summed E-state index contributed by atoms with van der Waals surface area (Å²) in [6.45, 7) is 0.305. The smallest absolute Gasteiger partial charge is 0.269 e. The molecule has 4 nitrogen and oxygen atoms in total. The van der Waals surface area contributed by atoms with Gasteiger partial charge in [0.1, 0.15) is 11.5 Å². The third-order valence-electron chi connectivity index (χ3n) is 5.46. The van der Waals surface area contributed by atoms with Crippen molar-refractivity contribution in [2.24, 2.45) is 0 Å². The fourth-order valence-electron chi connectivity index (χ4n) is 3.91. The van der Waals surface area contributed by atoms with E-state index in [0.29, 0.717) is 34.9 Å². The molecule has 0 saturated carbocycles. The summed E-state index contributed by atoms with van der Waals surface area (Å²) in [4.78, 5) is 21.1. The van der Waals surface area contributed by atoms with Crippen LogP contribution in [-0.4, -0.2) is 22.4 Å². The van der Waals surface area contributed by atoms with Crippen LogP contribution in [0.3, 0.4) is 0 Å². The lowest BCUT2D eigenvalue weighted by atomic mass is 10.1. The molecule has 0 spiro atoms. The monoisotopic (exact) mass is 443 g/mol. The zero-order valence-corrected chi connectivity index (χ0v) is 17.8. The van der Waals surface area contributed by atoms with Gasteiger partial charge in [-0.1, -0.05) is 60.1 Å². The number of fused-ring (bicyclic) bond motifs is 3. The van der Waals surface area contributed by atoms with Crippen LogP contribution in [-0.2, 0) is 6.42 Å². The van der Waals surface area contributed by atoms with Gasteiger partial charge in [0.2, 0.25) is 0 Å². The van der Waals surface area contributed by atoms with Crippen LogP contribution in [0.4, 0.5) is 4.39 Å². The topological polar surface area (TPSA) is 57.8 Å². The Hall–Kier alpha value is -3.70. The number of hydrogen-bond acceptors (Lipinski definition) is 2. The summed E-state index contributed by atoms with van der Waals surface area (Å²) in [5.74, 6) is -0.583. The van der Waals surface area contributed by atoms with Crippen LogP contribution in [0.25, 0.3) is 33.1 Å². The second-order valence-corrected chi connectivity index (χ2v) is 7.99. The van der Waals surface area contributed by atoms with Gasteiger partial charge >= 0.3 is 0 Å². The standard InChI is InChI=1S/C26H19ClFN3O/c27-18-8-5-7-17(14-18)24-25-20(19-9-2-4-11-22(19)30-25)15-23(31-24)26(32)29-13-12-16-6-1-3-10-21(16)28/h1-11,14-15,30H,12-13H2,(H,29,32). The molecule has 0 atom stereocenters. The number of amides is 1. The molecule has 0 bridgehead atoms. The zero-order chi connectivity index (χ0) is 22.1. The zero-order valence-electron chi connectivity index (χ0n) is 17.0. The Morgan fingerprint density at radius 2 is 1.78 bits per heavy atom. The summed E-state index contributed by atoms with van der Waals surface area (Å²) in [5.41, 5.74) is 4.13. The van der Waals surface area contributed by atoms with Crippen LogP contribution in [0.5, 0.6) is 0 Å². The molecule has 5 aromatic rings. The van der Waals surface area contributed by atoms with E-state index >= 15 is 0 Å². The van der Waals surface area contributed by atoms with Gasteiger partial charge in [-0.15, -0.1) is 0 Å². The van der Waals surface area contributed by atoms with Gasteiger partial charge in [0.15, 0.2) is 0 Å². The Bertz CT molecular complexity index is 1460. The van der Waals surface area contributed by atoms with Gasteiger partial charge in [0.05, 0.1) is 11.2 Å². The van der Waals surface area contributed by atoms with Gasteiger partial charge in [0.25, 0.3) is 5.91 Å². The van der Waals surface area contributed by atoms with Crippen molar-refractivity contribution in [2.75, 3.05) is 6.54 Å². The third-order valence-corrected chi connectivity index (χ3v) is 5.70. The number of H-pyrrole nitrogens is 1. The van der Waals surface area contributed by atoms with E-state index in [2.05, 4.69) is 15.3 Å². The van der Waals surface area contributed by atoms with Gasteiger partial charge in [-0.2, -0.15) is 0 Å². The highest BCUT2D eigenvalue weighted by Gasteiger charge is 2.17. The van der Waals surface area contributed by atoms with Crippen molar-refractivity contribution in [3.63, 3.8) is 0 Å². The first-order chi connectivity index (χ1) is 15.6. The lowest BCUT2D eigenvalue weighted by Gasteiger charge is -2.09. The van der Waals surface area contributed by atoms with Gasteiger partial charge in [-0.3, -0.25) is 4.79 Å². The number of hydrogen-bond donors (Lipinski definition) is 2. The molecule has 0 aliphatic rings. The number of nitrogens with zero attached hydrogens (tertiary/aromatic N) is 1. The molecule has 158 valence electrons. The first-order valence-electron chi connectivity index (χ1n) is 10.3. The van der Waals surface area contributed by atoms with Gasteiger partial charge in [-0.25, -0.2) is 9.37 Å². The molecule has 0 saturated heterocycles. The van der Waals surface area contributed by atoms with Crippen LogP contribution in [0.2, 0.25) is 5.02 Å². The molecule has 0 radical (unpaired) electrons. The average Bonchev–Trinajstić information content (AvgIpc) is 3.18. The second-order valence-electron chi connectivity index (χ2n) is 7.56. The molecule has 2 aromatic heterocycles. The molecule has 32 heavy (non-hydrogen) atoms. The molecule has 3 aromatic carbocycles. The Morgan fingerprint density at radius 1 is 0.969 bits per heavy atom. The Morgan fingerprint density at radius 3 is 2.62 bits per heavy atom. The minimum atomic E-state index is -0.309. The minimum absolute atomic E-state index is 0.275. The van der Waals surface area contributed by atoms with Gasteiger partial charge < -0.3 is 10.3 Å². The fraction of sp³-hybridized carbons (Fsp3) is 0.0769. The van der Waals surface area contributed by atoms with Gasteiger partial charge in [-0.05, 0) is 42.3 Å². The number of aromatic nitrogens is 2. The molecular formula is C26H19ClFN3O. The molecule has 5 rings (SSSR count). The molecule has 0 unspecified atom stereocenters. The van der Waals surface area contributed by atoms with E-state index in [-0.39, 0.29) is 11.7 Å². The lowest BCUT2D eigenvalue weighted by Crippen LogP contribution is -2.26. The third kappa shape index (κ3) is 3.83. The summed E-state index contributed by atoms with van der Waals surface area (Å²) in [5, 5.41) is 5.37. The Balaban J connectivity index is 1.53. The van der Waals surface area contributed by atoms with Crippen LogP contribution < -0.4 is 5.32 Å². The molecule has 1 amide bonds. The van der Waals surface area contributed by atoms with E-state index in [1.165, 1.54) is 6.07 Å². The number of aromatic amines is 1. The van der Waals surface area contributed by atoms with E-state index < -0.39 is 0 Å². The molecule has 2 heterocycles. The SMILES string of the molecule is O=C(NCCc1ccccc1F)c1cc2c([nH]c3ccccc32)c(-c2cccc(Cl)c2)n1. The van der Waals surface area contributed by atoms with E-state index in [1.54, 1.807) is 30.3 Å². The molecule has 0 aliphatic carbocycles. The number of carbonyl (C=O) groups excluding carboxylic acids is 1. The summed E-state index contributed by atoms with van der Waals surface area (Å²) >= 11 is 6.22. The van der Waals surface area contributed by atoms with Crippen molar-refractivity contribution >= 4 is 39.3 Å². The number of benzene rings is 3. The predicted octanol–water partition coefficient (Wildman–Crippen LogP) is 6.15. The van der Waals surface area contributed by atoms with Crippen LogP contribution in [0.15, 0.2) is 78.9 Å². The number of nitrogens with one attached hydrogen (secondary N) is 2. The Kier molecular flexibility index (Phi) is 5.33. The first-order valence-corrected chi connectivity index (χ1v) is 10.7. The van der Waals surface area contributed by atoms with Crippen molar-refractivity contribution < 1.29 is 9.18 Å². The van der Waals surface area contributed by atoms with E-state index in [4.69, 9.17) is 11.6 Å². The second kappa shape index (κ2) is 8.44.